The van der Waals surface area contributed by atoms with E-state index in [0.29, 0.717) is 0 Å². The molecule has 10 heavy (non-hydrogen) atoms. The Kier molecular flexibility index (Phi) is 0.974. The van der Waals surface area contributed by atoms with Gasteiger partial charge in [-0.3, -0.25) is 0 Å². The maximum absolute atomic E-state index is 4.17. The van der Waals surface area contributed by atoms with Gasteiger partial charge in [0.05, 0.1) is 19.4 Å². The first-order chi connectivity index (χ1) is 4.88. The molecule has 0 aliphatic rings. The maximum atomic E-state index is 4.17. The van der Waals surface area contributed by atoms with Crippen LogP contribution < -0.4 is 4.57 Å². The second-order valence-electron chi connectivity index (χ2n) is 2.24. The zero-order valence-electron chi connectivity index (χ0n) is 5.73. The highest BCUT2D eigenvalue weighted by atomic mass is 15.1. The van der Waals surface area contributed by atoms with Crippen molar-refractivity contribution in [2.75, 3.05) is 0 Å². The van der Waals surface area contributed by atoms with Gasteiger partial charge in [-0.05, 0) is 0 Å². The molecule has 0 radical (unpaired) electrons. The first-order valence-electron chi connectivity index (χ1n) is 3.15. The SMILES string of the molecule is C[n+]1ccn2cccnc21. The van der Waals surface area contributed by atoms with E-state index >= 15 is 0 Å². The Balaban J connectivity index is 2.93. The smallest absolute Gasteiger partial charge is 0.235 e. The van der Waals surface area contributed by atoms with Crippen LogP contribution in [0.15, 0.2) is 30.9 Å². The van der Waals surface area contributed by atoms with Crippen LogP contribution >= 0.6 is 0 Å². The summed E-state index contributed by atoms with van der Waals surface area (Å²) < 4.78 is 3.94. The van der Waals surface area contributed by atoms with Gasteiger partial charge in [-0.25, -0.2) is 8.97 Å². The highest BCUT2D eigenvalue weighted by Gasteiger charge is 2.02. The number of imidazole rings is 1. The Bertz CT molecular complexity index is 350. The fourth-order valence-corrected chi connectivity index (χ4v) is 1.00. The van der Waals surface area contributed by atoms with Crippen molar-refractivity contribution in [3.05, 3.63) is 30.9 Å². The molecule has 0 saturated heterocycles. The molecule has 50 valence electrons. The summed E-state index contributed by atoms with van der Waals surface area (Å²) in [6, 6.07) is 1.91. The first-order valence-corrected chi connectivity index (χ1v) is 3.15. The van der Waals surface area contributed by atoms with Gasteiger partial charge < -0.3 is 0 Å². The minimum absolute atomic E-state index is 0.961. The molecule has 2 rings (SSSR count). The molecule has 0 fully saturated rings. The first kappa shape index (κ1) is 5.41. The summed E-state index contributed by atoms with van der Waals surface area (Å²) in [6.07, 6.45) is 7.71. The van der Waals surface area contributed by atoms with Crippen LogP contribution in [0.5, 0.6) is 0 Å². The van der Waals surface area contributed by atoms with Crippen molar-refractivity contribution in [1.82, 2.24) is 9.38 Å². The Labute approximate surface area is 58.6 Å². The summed E-state index contributed by atoms with van der Waals surface area (Å²) in [6.45, 7) is 0. The van der Waals surface area contributed by atoms with Crippen LogP contribution in [0.2, 0.25) is 0 Å². The Morgan fingerprint density at radius 1 is 1.50 bits per heavy atom. The van der Waals surface area contributed by atoms with E-state index in [1.807, 2.05) is 40.7 Å². The van der Waals surface area contributed by atoms with E-state index in [0.717, 1.165) is 5.78 Å². The van der Waals surface area contributed by atoms with Gasteiger partial charge >= 0.3 is 5.78 Å². The zero-order valence-corrected chi connectivity index (χ0v) is 5.73. The van der Waals surface area contributed by atoms with E-state index in [4.69, 9.17) is 0 Å². The standard InChI is InChI=1S/C7H8N3/c1-9-5-6-10-4-2-3-8-7(9)10/h2-6H,1H3/q+1. The van der Waals surface area contributed by atoms with E-state index in [1.54, 1.807) is 6.20 Å². The van der Waals surface area contributed by atoms with E-state index in [-0.39, 0.29) is 0 Å². The molecule has 0 amide bonds. The van der Waals surface area contributed by atoms with Gasteiger partial charge in [-0.2, -0.15) is 0 Å². The molecule has 0 bridgehead atoms. The minimum Gasteiger partial charge on any atom is -0.235 e. The van der Waals surface area contributed by atoms with Crippen LogP contribution in [0, 0.1) is 0 Å². The highest BCUT2D eigenvalue weighted by molar-refractivity contribution is 5.17. The molecule has 2 aromatic heterocycles. The average Bonchev–Trinajstić information content (AvgIpc) is 2.34. The molecule has 0 saturated carbocycles. The predicted octanol–water partition coefficient (Wildman–Crippen LogP) is 0.159. The lowest BCUT2D eigenvalue weighted by Crippen LogP contribution is -2.26. The zero-order chi connectivity index (χ0) is 6.97. The van der Waals surface area contributed by atoms with Gasteiger partial charge in [0.1, 0.15) is 12.4 Å². The highest BCUT2D eigenvalue weighted by Crippen LogP contribution is 1.89. The number of rotatable bonds is 0. The number of nitrogens with zero attached hydrogens (tertiary/aromatic N) is 3. The number of aromatic nitrogens is 3. The molecule has 3 nitrogen and oxygen atoms in total. The predicted molar refractivity (Wildman–Crippen MR) is 36.4 cm³/mol. The van der Waals surface area contributed by atoms with Gasteiger partial charge in [0.15, 0.2) is 0 Å². The Hall–Kier alpha value is -1.38. The molecule has 0 unspecified atom stereocenters. The second-order valence-corrected chi connectivity index (χ2v) is 2.24. The molecule has 2 aromatic rings. The average molecular weight is 134 g/mol. The molecule has 2 heterocycles. The molecule has 0 aliphatic carbocycles. The quantitative estimate of drug-likeness (QED) is 0.470. The molecule has 0 aromatic carbocycles. The van der Waals surface area contributed by atoms with Crippen LogP contribution in [0.3, 0.4) is 0 Å². The van der Waals surface area contributed by atoms with Gasteiger partial charge in [-0.1, -0.05) is 4.98 Å². The largest absolute Gasteiger partial charge is 0.402 e. The summed E-state index contributed by atoms with van der Waals surface area (Å²) in [4.78, 5) is 4.17. The van der Waals surface area contributed by atoms with Crippen molar-refractivity contribution in [2.45, 2.75) is 0 Å². The van der Waals surface area contributed by atoms with Gasteiger partial charge in [0.2, 0.25) is 0 Å². The van der Waals surface area contributed by atoms with Crippen LogP contribution in [0.4, 0.5) is 0 Å². The maximum Gasteiger partial charge on any atom is 0.402 e. The third-order valence-corrected chi connectivity index (χ3v) is 1.52. The third-order valence-electron chi connectivity index (χ3n) is 1.52. The van der Waals surface area contributed by atoms with E-state index < -0.39 is 0 Å². The van der Waals surface area contributed by atoms with Crippen LogP contribution in [0.25, 0.3) is 5.78 Å². The van der Waals surface area contributed by atoms with E-state index in [1.165, 1.54) is 0 Å². The topological polar surface area (TPSA) is 21.2 Å². The number of hydrogen-bond donors (Lipinski definition) is 0. The monoisotopic (exact) mass is 134 g/mol. The molecular weight excluding hydrogens is 126 g/mol. The van der Waals surface area contributed by atoms with Gasteiger partial charge in [0.25, 0.3) is 0 Å². The number of hydrogen-bond acceptors (Lipinski definition) is 1. The molecule has 0 spiro atoms. The summed E-state index contributed by atoms with van der Waals surface area (Å²) >= 11 is 0. The van der Waals surface area contributed by atoms with Crippen molar-refractivity contribution in [3.63, 3.8) is 0 Å². The molecular formula is C7H8N3+. The third kappa shape index (κ3) is 0.603. The van der Waals surface area contributed by atoms with Gasteiger partial charge in [0, 0.05) is 6.07 Å². The van der Waals surface area contributed by atoms with Gasteiger partial charge in [-0.15, -0.1) is 0 Å². The summed E-state index contributed by atoms with van der Waals surface area (Å²) in [5.74, 6) is 0.961. The summed E-state index contributed by atoms with van der Waals surface area (Å²) in [7, 11) is 1.97. The lowest BCUT2D eigenvalue weighted by Gasteiger charge is -1.82. The van der Waals surface area contributed by atoms with Crippen molar-refractivity contribution in [1.29, 1.82) is 0 Å². The van der Waals surface area contributed by atoms with Crippen LogP contribution in [-0.4, -0.2) is 9.38 Å². The minimum atomic E-state index is 0.961. The van der Waals surface area contributed by atoms with Crippen molar-refractivity contribution < 1.29 is 4.57 Å². The summed E-state index contributed by atoms with van der Waals surface area (Å²) in [5.41, 5.74) is 0. The fourth-order valence-electron chi connectivity index (χ4n) is 1.00. The van der Waals surface area contributed by atoms with Crippen molar-refractivity contribution in [3.8, 4) is 0 Å². The number of aryl methyl sites for hydroxylation is 1. The van der Waals surface area contributed by atoms with Crippen LogP contribution in [0.1, 0.15) is 0 Å². The fraction of sp³-hybridized carbons (Fsp3) is 0.143. The Morgan fingerprint density at radius 3 is 3.20 bits per heavy atom. The lowest BCUT2D eigenvalue weighted by molar-refractivity contribution is -0.646. The molecule has 0 atom stereocenters. The van der Waals surface area contributed by atoms with E-state index in [2.05, 4.69) is 4.98 Å². The normalized spacial score (nSPS) is 10.5. The van der Waals surface area contributed by atoms with Crippen LogP contribution in [-0.2, 0) is 7.05 Å². The van der Waals surface area contributed by atoms with Crippen molar-refractivity contribution >= 4 is 5.78 Å². The molecule has 3 heteroatoms. The lowest BCUT2D eigenvalue weighted by atomic mass is 10.7. The van der Waals surface area contributed by atoms with Crippen molar-refractivity contribution in [2.24, 2.45) is 7.05 Å². The van der Waals surface area contributed by atoms with E-state index in [9.17, 15) is 0 Å². The summed E-state index contributed by atoms with van der Waals surface area (Å²) in [5, 5.41) is 0. The number of fused-ring (bicyclic) bond motifs is 1. The second kappa shape index (κ2) is 1.80. The Morgan fingerprint density at radius 2 is 2.40 bits per heavy atom. The molecule has 0 N–H and O–H groups in total. The molecule has 0 aliphatic heterocycles.